The van der Waals surface area contributed by atoms with Gasteiger partial charge in [-0.1, -0.05) is 39.8 Å². The van der Waals surface area contributed by atoms with Gasteiger partial charge in [-0.15, -0.1) is 11.3 Å². The molecule has 1 atom stereocenters. The minimum absolute atomic E-state index is 0.0755. The van der Waals surface area contributed by atoms with Gasteiger partial charge < -0.3 is 11.1 Å². The fraction of sp³-hybridized carbons (Fsp3) is 0.476. The molecule has 0 saturated heterocycles. The van der Waals surface area contributed by atoms with Crippen LogP contribution in [0, 0.1) is 11.3 Å². The molecular weight excluding hydrogens is 328 g/mol. The molecule has 3 nitrogen and oxygen atoms in total. The number of carbonyl (C=O) groups is 1. The van der Waals surface area contributed by atoms with Crippen molar-refractivity contribution >= 4 is 27.9 Å². The van der Waals surface area contributed by atoms with Crippen LogP contribution in [-0.4, -0.2) is 5.91 Å². The molecule has 0 saturated carbocycles. The van der Waals surface area contributed by atoms with Crippen molar-refractivity contribution in [3.63, 3.8) is 0 Å². The number of anilines is 2. The number of thiophene rings is 1. The van der Waals surface area contributed by atoms with Gasteiger partial charge in [0.05, 0.1) is 10.6 Å². The van der Waals surface area contributed by atoms with Crippen molar-refractivity contribution in [3.05, 3.63) is 45.8 Å². The zero-order valence-electron chi connectivity index (χ0n) is 15.6. The molecule has 0 bridgehead atoms. The molecule has 1 aromatic heterocycles. The van der Waals surface area contributed by atoms with Crippen LogP contribution in [0.15, 0.2) is 24.3 Å². The lowest BCUT2D eigenvalue weighted by Crippen LogP contribution is -2.27. The quantitative estimate of drug-likeness (QED) is 0.784. The second-order valence-corrected chi connectivity index (χ2v) is 9.19. The van der Waals surface area contributed by atoms with Gasteiger partial charge in [0.25, 0.3) is 5.91 Å². The largest absolute Gasteiger partial charge is 0.390 e. The van der Waals surface area contributed by atoms with Crippen molar-refractivity contribution in [1.29, 1.82) is 0 Å². The maximum absolute atomic E-state index is 12.8. The van der Waals surface area contributed by atoms with Gasteiger partial charge in [-0.3, -0.25) is 4.79 Å². The number of benzene rings is 1. The van der Waals surface area contributed by atoms with Crippen LogP contribution < -0.4 is 11.1 Å². The molecule has 0 unspecified atom stereocenters. The fourth-order valence-corrected chi connectivity index (χ4v) is 4.81. The molecule has 0 spiro atoms. The van der Waals surface area contributed by atoms with Crippen LogP contribution in [0.4, 0.5) is 10.7 Å². The lowest BCUT2D eigenvalue weighted by molar-refractivity contribution is 0.102. The Kier molecular flexibility index (Phi) is 4.92. The lowest BCUT2D eigenvalue weighted by Gasteiger charge is -2.33. The number of hydrogen-bond donors (Lipinski definition) is 2. The van der Waals surface area contributed by atoms with E-state index in [9.17, 15) is 4.79 Å². The summed E-state index contributed by atoms with van der Waals surface area (Å²) in [6, 6.07) is 8.02. The van der Waals surface area contributed by atoms with E-state index in [1.54, 1.807) is 11.3 Å². The van der Waals surface area contributed by atoms with E-state index < -0.39 is 0 Å². The average molecular weight is 357 g/mol. The van der Waals surface area contributed by atoms with E-state index in [4.69, 9.17) is 5.73 Å². The number of fused-ring (bicyclic) bond motifs is 1. The Balaban J connectivity index is 1.81. The van der Waals surface area contributed by atoms with Crippen molar-refractivity contribution < 1.29 is 4.79 Å². The minimum atomic E-state index is -0.0755. The third-order valence-corrected chi connectivity index (χ3v) is 6.45. The number of rotatable bonds is 3. The summed E-state index contributed by atoms with van der Waals surface area (Å²) in [5.41, 5.74) is 10.5. The Hall–Kier alpha value is -1.81. The zero-order chi connectivity index (χ0) is 18.2. The van der Waals surface area contributed by atoms with E-state index >= 15 is 0 Å². The number of nitrogens with two attached hydrogens (primary N) is 1. The Labute approximate surface area is 154 Å². The molecule has 4 heteroatoms. The number of nitrogen functional groups attached to an aromatic ring is 1. The van der Waals surface area contributed by atoms with Gasteiger partial charge in [0.1, 0.15) is 0 Å². The van der Waals surface area contributed by atoms with E-state index in [0.717, 1.165) is 31.4 Å². The number of aryl methyl sites for hydroxylation is 1. The molecule has 25 heavy (non-hydrogen) atoms. The SMILES string of the molecule is CCc1ccc(NC(=O)c2c(N)sc3c2CC[C@@H](C(C)(C)C)C3)cc1. The first-order valence-electron chi connectivity index (χ1n) is 9.10. The summed E-state index contributed by atoms with van der Waals surface area (Å²) in [5, 5.41) is 3.67. The predicted octanol–water partition coefficient (Wildman–Crippen LogP) is 5.30. The fourth-order valence-electron chi connectivity index (χ4n) is 3.61. The highest BCUT2D eigenvalue weighted by Gasteiger charge is 2.33. The molecule has 134 valence electrons. The molecule has 3 N–H and O–H groups in total. The van der Waals surface area contributed by atoms with E-state index in [1.807, 2.05) is 12.1 Å². The van der Waals surface area contributed by atoms with E-state index in [1.165, 1.54) is 16.0 Å². The third-order valence-electron chi connectivity index (χ3n) is 5.36. The van der Waals surface area contributed by atoms with Crippen LogP contribution in [0.2, 0.25) is 0 Å². The molecule has 0 radical (unpaired) electrons. The number of nitrogens with one attached hydrogen (secondary N) is 1. The number of hydrogen-bond acceptors (Lipinski definition) is 3. The van der Waals surface area contributed by atoms with Crippen molar-refractivity contribution in [2.24, 2.45) is 11.3 Å². The Morgan fingerprint density at radius 2 is 1.96 bits per heavy atom. The van der Waals surface area contributed by atoms with E-state index in [2.05, 4.69) is 45.1 Å². The number of carbonyl (C=O) groups excluding carboxylic acids is 1. The highest BCUT2D eigenvalue weighted by Crippen LogP contribution is 2.43. The van der Waals surface area contributed by atoms with Crippen LogP contribution >= 0.6 is 11.3 Å². The summed E-state index contributed by atoms with van der Waals surface area (Å²) in [4.78, 5) is 14.1. The molecule has 0 aliphatic heterocycles. The van der Waals surface area contributed by atoms with Crippen molar-refractivity contribution in [2.75, 3.05) is 11.1 Å². The molecule has 2 aromatic rings. The summed E-state index contributed by atoms with van der Waals surface area (Å²) in [7, 11) is 0. The average Bonchev–Trinajstić information content (AvgIpc) is 2.89. The minimum Gasteiger partial charge on any atom is -0.390 e. The second kappa shape index (κ2) is 6.83. The van der Waals surface area contributed by atoms with Gasteiger partial charge in [0, 0.05) is 10.6 Å². The maximum atomic E-state index is 12.8. The van der Waals surface area contributed by atoms with Crippen LogP contribution in [0.1, 0.15) is 60.5 Å². The summed E-state index contributed by atoms with van der Waals surface area (Å²) < 4.78 is 0. The first kappa shape index (κ1) is 18.0. The van der Waals surface area contributed by atoms with Gasteiger partial charge >= 0.3 is 0 Å². The topological polar surface area (TPSA) is 55.1 Å². The van der Waals surface area contributed by atoms with Crippen molar-refractivity contribution in [3.8, 4) is 0 Å². The first-order valence-corrected chi connectivity index (χ1v) is 9.91. The van der Waals surface area contributed by atoms with E-state index in [0.29, 0.717) is 21.9 Å². The zero-order valence-corrected chi connectivity index (χ0v) is 16.4. The van der Waals surface area contributed by atoms with Gasteiger partial charge in [-0.25, -0.2) is 0 Å². The molecule has 1 amide bonds. The van der Waals surface area contributed by atoms with Gasteiger partial charge in [-0.2, -0.15) is 0 Å². The normalized spacial score (nSPS) is 17.2. The van der Waals surface area contributed by atoms with Crippen LogP contribution in [0.3, 0.4) is 0 Å². The van der Waals surface area contributed by atoms with Gasteiger partial charge in [0.2, 0.25) is 0 Å². The summed E-state index contributed by atoms with van der Waals surface area (Å²) >= 11 is 1.60. The van der Waals surface area contributed by atoms with Crippen LogP contribution in [0.25, 0.3) is 0 Å². The maximum Gasteiger partial charge on any atom is 0.258 e. The Morgan fingerprint density at radius 3 is 2.56 bits per heavy atom. The molecular formula is C21H28N2OS. The highest BCUT2D eigenvalue weighted by molar-refractivity contribution is 7.16. The molecule has 3 rings (SSSR count). The van der Waals surface area contributed by atoms with Crippen molar-refractivity contribution in [1.82, 2.24) is 0 Å². The number of amides is 1. The summed E-state index contributed by atoms with van der Waals surface area (Å²) in [6.45, 7) is 9.02. The van der Waals surface area contributed by atoms with E-state index in [-0.39, 0.29) is 5.91 Å². The molecule has 1 aliphatic rings. The lowest BCUT2D eigenvalue weighted by atomic mass is 9.72. The smallest absolute Gasteiger partial charge is 0.258 e. The highest BCUT2D eigenvalue weighted by atomic mass is 32.1. The third kappa shape index (κ3) is 3.74. The monoisotopic (exact) mass is 356 g/mol. The molecule has 0 fully saturated rings. The van der Waals surface area contributed by atoms with Crippen molar-refractivity contribution in [2.45, 2.75) is 53.4 Å². The van der Waals surface area contributed by atoms with Crippen LogP contribution in [0.5, 0.6) is 0 Å². The first-order chi connectivity index (χ1) is 11.8. The van der Waals surface area contributed by atoms with Crippen LogP contribution in [-0.2, 0) is 19.3 Å². The Morgan fingerprint density at radius 1 is 1.28 bits per heavy atom. The second-order valence-electron chi connectivity index (χ2n) is 8.05. The molecule has 1 heterocycles. The van der Waals surface area contributed by atoms with Gasteiger partial charge in [0.15, 0.2) is 0 Å². The molecule has 1 aliphatic carbocycles. The summed E-state index contributed by atoms with van der Waals surface area (Å²) in [6.07, 6.45) is 4.10. The predicted molar refractivity (Wildman–Crippen MR) is 107 cm³/mol. The Bertz CT molecular complexity index is 768. The van der Waals surface area contributed by atoms with Gasteiger partial charge in [-0.05, 0) is 60.3 Å². The standard InChI is InChI=1S/C21H28N2OS/c1-5-13-6-9-15(10-7-13)23-20(24)18-16-11-8-14(21(2,3)4)12-17(16)25-19(18)22/h6-7,9-10,14H,5,8,11-12,22H2,1-4H3,(H,23,24)/t14-/m1/s1. The summed E-state index contributed by atoms with van der Waals surface area (Å²) in [5.74, 6) is 0.573. The molecule has 1 aromatic carbocycles.